The van der Waals surface area contributed by atoms with Crippen LogP contribution >= 0.6 is 0 Å². The van der Waals surface area contributed by atoms with Crippen molar-refractivity contribution < 1.29 is 13.2 Å². The van der Waals surface area contributed by atoms with Crippen molar-refractivity contribution in [3.8, 4) is 0 Å². The normalized spacial score (nSPS) is 11.3. The molecule has 1 aromatic carbocycles. The molecule has 0 unspecified atom stereocenters. The summed E-state index contributed by atoms with van der Waals surface area (Å²) in [6, 6.07) is 6.38. The summed E-state index contributed by atoms with van der Waals surface area (Å²) in [7, 11) is -3.47. The Kier molecular flexibility index (Phi) is 5.94. The van der Waals surface area contributed by atoms with Crippen LogP contribution < -0.4 is 15.8 Å². The third-order valence-electron chi connectivity index (χ3n) is 2.45. The van der Waals surface area contributed by atoms with Crippen LogP contribution in [-0.2, 0) is 21.4 Å². The highest BCUT2D eigenvalue weighted by Gasteiger charge is 2.12. The van der Waals surface area contributed by atoms with E-state index in [9.17, 15) is 13.2 Å². The Morgan fingerprint density at radius 1 is 1.26 bits per heavy atom. The maximum Gasteiger partial charge on any atom is 0.240 e. The Bertz CT molecular complexity index is 512. The lowest BCUT2D eigenvalue weighted by Crippen LogP contribution is -2.26. The number of rotatable bonds is 7. The van der Waals surface area contributed by atoms with Gasteiger partial charge >= 0.3 is 0 Å². The Morgan fingerprint density at radius 3 is 2.42 bits per heavy atom. The highest BCUT2D eigenvalue weighted by atomic mass is 32.2. The number of sulfonamides is 1. The topological polar surface area (TPSA) is 101 Å². The zero-order valence-corrected chi connectivity index (χ0v) is 11.7. The highest BCUT2D eigenvalue weighted by Crippen LogP contribution is 2.10. The summed E-state index contributed by atoms with van der Waals surface area (Å²) in [5.74, 6) is -0.125. The second-order valence-corrected chi connectivity index (χ2v) is 5.86. The van der Waals surface area contributed by atoms with Crippen molar-refractivity contribution in [3.63, 3.8) is 0 Å². The molecular weight excluding hydrogens is 266 g/mol. The fraction of sp³-hybridized carbons (Fsp3) is 0.417. The number of carbonyl (C=O) groups is 1. The minimum Gasteiger partial charge on any atom is -0.352 e. The summed E-state index contributed by atoms with van der Waals surface area (Å²) >= 11 is 0. The molecule has 19 heavy (non-hydrogen) atoms. The van der Waals surface area contributed by atoms with Crippen molar-refractivity contribution in [1.29, 1.82) is 0 Å². The quantitative estimate of drug-likeness (QED) is 0.611. The van der Waals surface area contributed by atoms with E-state index in [-0.39, 0.29) is 10.8 Å². The fourth-order valence-corrected chi connectivity index (χ4v) is 2.48. The summed E-state index contributed by atoms with van der Waals surface area (Å²) < 4.78 is 26.2. The zero-order valence-electron chi connectivity index (χ0n) is 10.8. The molecule has 0 saturated heterocycles. The third kappa shape index (κ3) is 5.37. The molecule has 1 amide bonds. The average molecular weight is 285 g/mol. The Balaban J connectivity index is 2.66. The summed E-state index contributed by atoms with van der Waals surface area (Å²) in [4.78, 5) is 11.0. The zero-order chi connectivity index (χ0) is 14.3. The number of hydrogen-bond donors (Lipinski definition) is 3. The van der Waals surface area contributed by atoms with Gasteiger partial charge in [-0.1, -0.05) is 12.1 Å². The van der Waals surface area contributed by atoms with E-state index in [1.165, 1.54) is 19.1 Å². The van der Waals surface area contributed by atoms with Crippen LogP contribution in [0, 0.1) is 0 Å². The maximum absolute atomic E-state index is 11.9. The SMILES string of the molecule is CC(=O)NCc1ccc(S(=O)(=O)NCCCN)cc1. The minimum atomic E-state index is -3.47. The molecule has 1 aromatic rings. The molecule has 0 bridgehead atoms. The number of hydrogen-bond acceptors (Lipinski definition) is 4. The van der Waals surface area contributed by atoms with Gasteiger partial charge in [0.05, 0.1) is 4.90 Å². The van der Waals surface area contributed by atoms with Crippen molar-refractivity contribution in [3.05, 3.63) is 29.8 Å². The van der Waals surface area contributed by atoms with Gasteiger partial charge < -0.3 is 11.1 Å². The lowest BCUT2D eigenvalue weighted by molar-refractivity contribution is -0.119. The van der Waals surface area contributed by atoms with Crippen LogP contribution in [0.5, 0.6) is 0 Å². The summed E-state index contributed by atoms with van der Waals surface area (Å²) in [6.45, 7) is 2.58. The average Bonchev–Trinajstić information content (AvgIpc) is 2.37. The summed E-state index contributed by atoms with van der Waals surface area (Å²) in [6.07, 6.45) is 0.597. The number of carbonyl (C=O) groups excluding carboxylic acids is 1. The largest absolute Gasteiger partial charge is 0.352 e. The van der Waals surface area contributed by atoms with Crippen LogP contribution in [0.3, 0.4) is 0 Å². The van der Waals surface area contributed by atoms with Gasteiger partial charge in [0, 0.05) is 20.0 Å². The molecule has 0 aliphatic carbocycles. The van der Waals surface area contributed by atoms with E-state index in [2.05, 4.69) is 10.0 Å². The van der Waals surface area contributed by atoms with Gasteiger partial charge in [0.25, 0.3) is 0 Å². The molecule has 0 fully saturated rings. The molecule has 4 N–H and O–H groups in total. The molecule has 1 rings (SSSR count). The van der Waals surface area contributed by atoms with Gasteiger partial charge in [0.15, 0.2) is 0 Å². The standard InChI is InChI=1S/C12H19N3O3S/c1-10(16)14-9-11-3-5-12(6-4-11)19(17,18)15-8-2-7-13/h3-6,15H,2,7-9,13H2,1H3,(H,14,16). The second kappa shape index (κ2) is 7.22. The van der Waals surface area contributed by atoms with Gasteiger partial charge in [-0.3, -0.25) is 4.79 Å². The molecule has 6 nitrogen and oxygen atoms in total. The minimum absolute atomic E-state index is 0.125. The smallest absolute Gasteiger partial charge is 0.240 e. The van der Waals surface area contributed by atoms with Crippen molar-refractivity contribution in [2.45, 2.75) is 24.8 Å². The van der Waals surface area contributed by atoms with Crippen molar-refractivity contribution in [2.24, 2.45) is 5.73 Å². The van der Waals surface area contributed by atoms with Crippen LogP contribution in [0.4, 0.5) is 0 Å². The fourth-order valence-electron chi connectivity index (χ4n) is 1.40. The molecule has 0 aliphatic rings. The van der Waals surface area contributed by atoms with Crippen LogP contribution in [-0.4, -0.2) is 27.4 Å². The second-order valence-electron chi connectivity index (χ2n) is 4.09. The first-order chi connectivity index (χ1) is 8.95. The van der Waals surface area contributed by atoms with Gasteiger partial charge in [0.2, 0.25) is 15.9 Å². The Hall–Kier alpha value is -1.44. The predicted octanol–water partition coefficient (Wildman–Crippen LogP) is -0.0502. The number of nitrogens with one attached hydrogen (secondary N) is 2. The maximum atomic E-state index is 11.9. The molecule has 0 saturated carbocycles. The molecule has 7 heteroatoms. The Labute approximate surface area is 113 Å². The molecule has 0 spiro atoms. The van der Waals surface area contributed by atoms with E-state index in [4.69, 9.17) is 5.73 Å². The van der Waals surface area contributed by atoms with Crippen molar-refractivity contribution in [2.75, 3.05) is 13.1 Å². The molecule has 0 aliphatic heterocycles. The number of nitrogens with two attached hydrogens (primary N) is 1. The van der Waals surface area contributed by atoms with Gasteiger partial charge in [-0.15, -0.1) is 0 Å². The van der Waals surface area contributed by atoms with Gasteiger partial charge in [-0.05, 0) is 30.7 Å². The van der Waals surface area contributed by atoms with Crippen LogP contribution in [0.15, 0.2) is 29.2 Å². The van der Waals surface area contributed by atoms with Crippen LogP contribution in [0.25, 0.3) is 0 Å². The van der Waals surface area contributed by atoms with E-state index in [0.717, 1.165) is 5.56 Å². The lowest BCUT2D eigenvalue weighted by Gasteiger charge is -2.07. The molecule has 0 heterocycles. The number of amides is 1. The van der Waals surface area contributed by atoms with Gasteiger partial charge in [-0.25, -0.2) is 13.1 Å². The van der Waals surface area contributed by atoms with Crippen molar-refractivity contribution in [1.82, 2.24) is 10.0 Å². The highest BCUT2D eigenvalue weighted by molar-refractivity contribution is 7.89. The molecule has 0 atom stereocenters. The monoisotopic (exact) mass is 285 g/mol. The first-order valence-electron chi connectivity index (χ1n) is 5.99. The van der Waals surface area contributed by atoms with E-state index in [0.29, 0.717) is 26.1 Å². The van der Waals surface area contributed by atoms with Crippen molar-refractivity contribution >= 4 is 15.9 Å². The van der Waals surface area contributed by atoms with Gasteiger partial charge in [-0.2, -0.15) is 0 Å². The van der Waals surface area contributed by atoms with Crippen LogP contribution in [0.1, 0.15) is 18.9 Å². The van der Waals surface area contributed by atoms with Gasteiger partial charge in [0.1, 0.15) is 0 Å². The van der Waals surface area contributed by atoms with E-state index in [1.54, 1.807) is 12.1 Å². The molecule has 0 radical (unpaired) electrons. The predicted molar refractivity (Wildman–Crippen MR) is 72.8 cm³/mol. The molecular formula is C12H19N3O3S. The summed E-state index contributed by atoms with van der Waals surface area (Å²) in [5, 5.41) is 2.64. The number of benzene rings is 1. The van der Waals surface area contributed by atoms with E-state index < -0.39 is 10.0 Å². The van der Waals surface area contributed by atoms with E-state index >= 15 is 0 Å². The molecule has 106 valence electrons. The third-order valence-corrected chi connectivity index (χ3v) is 3.93. The first kappa shape index (κ1) is 15.6. The van der Waals surface area contributed by atoms with Crippen LogP contribution in [0.2, 0.25) is 0 Å². The molecule has 0 aromatic heterocycles. The summed E-state index contributed by atoms with van der Waals surface area (Å²) in [5.41, 5.74) is 6.15. The van der Waals surface area contributed by atoms with E-state index in [1.807, 2.05) is 0 Å². The lowest BCUT2D eigenvalue weighted by atomic mass is 10.2. The first-order valence-corrected chi connectivity index (χ1v) is 7.47. The Morgan fingerprint density at radius 2 is 1.89 bits per heavy atom.